The van der Waals surface area contributed by atoms with E-state index in [0.29, 0.717) is 0 Å². The molecule has 306 valence electrons. The summed E-state index contributed by atoms with van der Waals surface area (Å²) in [7, 11) is 0. The van der Waals surface area contributed by atoms with Crippen LogP contribution in [0.25, 0.3) is 11.1 Å². The number of fused-ring (bicyclic) bond motifs is 4. The fraction of sp³-hybridized carbons (Fsp3) is 0.276. The summed E-state index contributed by atoms with van der Waals surface area (Å²) >= 11 is 0. The molecule has 0 spiro atoms. The van der Waals surface area contributed by atoms with Gasteiger partial charge in [0.2, 0.25) is 0 Å². The molecule has 2 nitrogen and oxygen atoms in total. The Kier molecular flexibility index (Phi) is 9.59. The van der Waals surface area contributed by atoms with Gasteiger partial charge in [-0.15, -0.1) is 0 Å². The maximum absolute atomic E-state index is 2.60. The highest BCUT2D eigenvalue weighted by molar-refractivity contribution is 7.00. The molecule has 0 N–H and O–H groups in total. The first-order chi connectivity index (χ1) is 28.8. The molecule has 0 unspecified atom stereocenters. The van der Waals surface area contributed by atoms with Crippen molar-refractivity contribution in [2.75, 3.05) is 9.80 Å². The third-order valence-electron chi connectivity index (χ3n) is 13.5. The Balaban J connectivity index is 1.37. The zero-order chi connectivity index (χ0) is 43.2. The SMILES string of the molecule is Cc1cc2c3c(c1)N(c1ccc(C(C)(C)c4ccccc4)cc1-c1ccccc1)c1ccc(C(C)(C)C)cc1B3c1cc(C(C)(C)C)ccc1N2c1ccc(C(C)(C)C)cc1. The van der Waals surface area contributed by atoms with Gasteiger partial charge in [0.05, 0.1) is 5.69 Å². The number of nitrogens with zero attached hydrogens (tertiary/aromatic N) is 2. The molecule has 0 radical (unpaired) electrons. The van der Waals surface area contributed by atoms with E-state index in [9.17, 15) is 0 Å². The van der Waals surface area contributed by atoms with Crippen molar-refractivity contribution in [1.29, 1.82) is 0 Å². The molecule has 0 atom stereocenters. The molecule has 3 heteroatoms. The van der Waals surface area contributed by atoms with Gasteiger partial charge in [-0.3, -0.25) is 0 Å². The average molecular weight is 797 g/mol. The van der Waals surface area contributed by atoms with E-state index in [1.165, 1.54) is 95.0 Å². The standard InChI is InChI=1S/C58H61BN2/c1-38-33-52-54-53(34-38)61(49-30-27-44(35-46(49)39-19-15-13-16-20-39)58(11,12)41-21-17-14-18-22-41)51-32-26-43(57(8,9)10)37-48(51)59(54)47-36-42(56(5,6)7)25-31-50(47)60(52)45-28-23-40(24-29-45)55(2,3)4/h13-37H,1-12H3. The summed E-state index contributed by atoms with van der Waals surface area (Å²) in [5.74, 6) is 0. The van der Waals surface area contributed by atoms with Crippen molar-refractivity contribution in [3.05, 3.63) is 185 Å². The summed E-state index contributed by atoms with van der Waals surface area (Å²) in [6.45, 7) is 27.9. The molecule has 61 heavy (non-hydrogen) atoms. The second-order valence-electron chi connectivity index (χ2n) is 21.3. The molecule has 0 amide bonds. The summed E-state index contributed by atoms with van der Waals surface area (Å²) in [6, 6.07) is 58.0. The van der Waals surface area contributed by atoms with Gasteiger partial charge in [0.1, 0.15) is 0 Å². The first-order valence-electron chi connectivity index (χ1n) is 22.2. The molecule has 0 bridgehead atoms. The Morgan fingerprint density at radius 1 is 0.377 bits per heavy atom. The van der Waals surface area contributed by atoms with Crippen LogP contribution in [0.3, 0.4) is 0 Å². The highest BCUT2D eigenvalue weighted by Gasteiger charge is 2.45. The van der Waals surface area contributed by atoms with E-state index < -0.39 is 0 Å². The minimum absolute atomic E-state index is 0.0127. The van der Waals surface area contributed by atoms with Gasteiger partial charge in [-0.1, -0.05) is 179 Å². The monoisotopic (exact) mass is 796 g/mol. The van der Waals surface area contributed by atoms with Gasteiger partial charge in [0, 0.05) is 39.4 Å². The minimum atomic E-state index is -0.199. The fourth-order valence-electron chi connectivity index (χ4n) is 9.71. The van der Waals surface area contributed by atoms with Crippen LogP contribution in [-0.2, 0) is 21.7 Å². The largest absolute Gasteiger partial charge is 0.311 e. The van der Waals surface area contributed by atoms with Crippen molar-refractivity contribution in [1.82, 2.24) is 0 Å². The predicted molar refractivity (Wildman–Crippen MR) is 265 cm³/mol. The molecule has 7 aromatic carbocycles. The van der Waals surface area contributed by atoms with Crippen LogP contribution in [0, 0.1) is 6.92 Å². The lowest BCUT2D eigenvalue weighted by Gasteiger charge is -2.45. The van der Waals surface area contributed by atoms with Gasteiger partial charge in [0.25, 0.3) is 6.71 Å². The summed E-state index contributed by atoms with van der Waals surface area (Å²) in [5, 5.41) is 0. The van der Waals surface area contributed by atoms with Crippen LogP contribution in [-0.4, -0.2) is 6.71 Å². The van der Waals surface area contributed by atoms with Crippen LogP contribution >= 0.6 is 0 Å². The normalized spacial score (nSPS) is 13.8. The van der Waals surface area contributed by atoms with E-state index in [0.717, 1.165) is 0 Å². The Morgan fingerprint density at radius 2 is 0.836 bits per heavy atom. The Bertz CT molecular complexity index is 2780. The summed E-state index contributed by atoms with van der Waals surface area (Å²) < 4.78 is 0. The lowest BCUT2D eigenvalue weighted by atomic mass is 9.33. The quantitative estimate of drug-likeness (QED) is 0.160. The molecule has 0 aliphatic carbocycles. The highest BCUT2D eigenvalue weighted by Crippen LogP contribution is 2.49. The number of benzene rings is 7. The molecule has 2 heterocycles. The molecular formula is C58H61BN2. The summed E-state index contributed by atoms with van der Waals surface area (Å²) in [4.78, 5) is 5.15. The van der Waals surface area contributed by atoms with E-state index in [4.69, 9.17) is 0 Å². The van der Waals surface area contributed by atoms with Crippen molar-refractivity contribution in [2.24, 2.45) is 0 Å². The van der Waals surface area contributed by atoms with Crippen molar-refractivity contribution in [3.8, 4) is 11.1 Å². The van der Waals surface area contributed by atoms with E-state index in [-0.39, 0.29) is 28.4 Å². The first kappa shape index (κ1) is 40.6. The van der Waals surface area contributed by atoms with Crippen molar-refractivity contribution in [3.63, 3.8) is 0 Å². The van der Waals surface area contributed by atoms with Crippen molar-refractivity contribution in [2.45, 2.75) is 105 Å². The molecular weight excluding hydrogens is 735 g/mol. The molecule has 0 aromatic heterocycles. The number of rotatable bonds is 5. The van der Waals surface area contributed by atoms with Gasteiger partial charge in [-0.05, 0) is 127 Å². The average Bonchev–Trinajstić information content (AvgIpc) is 3.22. The minimum Gasteiger partial charge on any atom is -0.311 e. The van der Waals surface area contributed by atoms with Crippen molar-refractivity contribution >= 4 is 57.2 Å². The van der Waals surface area contributed by atoms with E-state index >= 15 is 0 Å². The fourth-order valence-corrected chi connectivity index (χ4v) is 9.71. The van der Waals surface area contributed by atoms with Crippen LogP contribution in [0.1, 0.15) is 110 Å². The molecule has 7 aromatic rings. The van der Waals surface area contributed by atoms with E-state index in [1.807, 2.05) is 0 Å². The number of anilines is 6. The zero-order valence-electron chi connectivity index (χ0n) is 38.4. The highest BCUT2D eigenvalue weighted by atomic mass is 15.2. The molecule has 2 aliphatic heterocycles. The lowest BCUT2D eigenvalue weighted by molar-refractivity contribution is 0.590. The number of hydrogen-bond donors (Lipinski definition) is 0. The first-order valence-corrected chi connectivity index (χ1v) is 22.2. The molecule has 0 saturated carbocycles. The predicted octanol–water partition coefficient (Wildman–Crippen LogP) is 14.0. The second kappa shape index (κ2) is 14.4. The van der Waals surface area contributed by atoms with Crippen molar-refractivity contribution < 1.29 is 0 Å². The van der Waals surface area contributed by atoms with Crippen LogP contribution in [0.15, 0.2) is 152 Å². The van der Waals surface area contributed by atoms with E-state index in [2.05, 4.69) is 245 Å². The molecule has 2 aliphatic rings. The van der Waals surface area contributed by atoms with Crippen LogP contribution in [0.2, 0.25) is 0 Å². The summed E-state index contributed by atoms with van der Waals surface area (Å²) in [6.07, 6.45) is 0. The van der Waals surface area contributed by atoms with Gasteiger partial charge < -0.3 is 9.80 Å². The molecule has 9 rings (SSSR count). The number of hydrogen-bond acceptors (Lipinski definition) is 2. The maximum Gasteiger partial charge on any atom is 0.252 e. The molecule has 0 fully saturated rings. The second-order valence-corrected chi connectivity index (χ2v) is 21.3. The van der Waals surface area contributed by atoms with E-state index in [1.54, 1.807) is 0 Å². The van der Waals surface area contributed by atoms with Crippen LogP contribution in [0.5, 0.6) is 0 Å². The Hall–Kier alpha value is -5.80. The Labute approximate surface area is 366 Å². The topological polar surface area (TPSA) is 6.48 Å². The lowest BCUT2D eigenvalue weighted by Crippen LogP contribution is -2.61. The third-order valence-corrected chi connectivity index (χ3v) is 13.5. The smallest absolute Gasteiger partial charge is 0.252 e. The maximum atomic E-state index is 2.60. The van der Waals surface area contributed by atoms with Crippen LogP contribution in [0.4, 0.5) is 34.1 Å². The van der Waals surface area contributed by atoms with Gasteiger partial charge in [-0.2, -0.15) is 0 Å². The van der Waals surface area contributed by atoms with Gasteiger partial charge in [-0.25, -0.2) is 0 Å². The third kappa shape index (κ3) is 7.01. The zero-order valence-corrected chi connectivity index (χ0v) is 38.4. The molecule has 0 saturated heterocycles. The van der Waals surface area contributed by atoms with Crippen LogP contribution < -0.4 is 26.2 Å². The van der Waals surface area contributed by atoms with Gasteiger partial charge in [0.15, 0.2) is 0 Å². The Morgan fingerprint density at radius 3 is 1.38 bits per heavy atom. The summed E-state index contributed by atoms with van der Waals surface area (Å²) in [5.41, 5.74) is 21.6. The number of aryl methyl sites for hydroxylation is 1. The van der Waals surface area contributed by atoms with Gasteiger partial charge >= 0.3 is 0 Å².